The van der Waals surface area contributed by atoms with Crippen molar-refractivity contribution in [3.05, 3.63) is 12.2 Å². The Morgan fingerprint density at radius 2 is 2.29 bits per heavy atom. The molecule has 2 aromatic heterocycles. The highest BCUT2D eigenvalue weighted by Gasteiger charge is 2.08. The molecule has 14 heavy (non-hydrogen) atoms. The number of methoxy groups -OCH3 is 1. The average molecular weight is 192 g/mol. The number of ether oxygens (including phenoxy) is 1. The van der Waals surface area contributed by atoms with Gasteiger partial charge in [-0.2, -0.15) is 4.98 Å². The first-order chi connectivity index (χ1) is 6.85. The van der Waals surface area contributed by atoms with Gasteiger partial charge < -0.3 is 9.72 Å². The van der Waals surface area contributed by atoms with Crippen molar-refractivity contribution in [3.63, 3.8) is 0 Å². The number of nitrogens with zero attached hydrogens (tertiary/aromatic N) is 3. The van der Waals surface area contributed by atoms with Crippen LogP contribution in [0.3, 0.4) is 0 Å². The fourth-order valence-electron chi connectivity index (χ4n) is 1.33. The molecule has 0 aromatic carbocycles. The maximum absolute atomic E-state index is 5.15. The van der Waals surface area contributed by atoms with Gasteiger partial charge in [-0.1, -0.05) is 6.92 Å². The molecule has 0 amide bonds. The number of H-pyrrole nitrogens is 1. The van der Waals surface area contributed by atoms with Crippen molar-refractivity contribution < 1.29 is 4.74 Å². The van der Waals surface area contributed by atoms with Crippen molar-refractivity contribution in [2.24, 2.45) is 0 Å². The predicted octanol–water partition coefficient (Wildman–Crippen LogP) is 1.31. The minimum absolute atomic E-state index is 0.566. The first-order valence-corrected chi connectivity index (χ1v) is 4.59. The normalized spacial score (nSPS) is 10.7. The summed E-state index contributed by atoms with van der Waals surface area (Å²) in [5, 5.41) is 0. The van der Waals surface area contributed by atoms with Crippen LogP contribution in [0.5, 0.6) is 5.88 Å². The monoisotopic (exact) mass is 192 g/mol. The lowest BCUT2D eigenvalue weighted by molar-refractivity contribution is 0.399. The third kappa shape index (κ3) is 1.41. The van der Waals surface area contributed by atoms with Crippen LogP contribution in [0.25, 0.3) is 11.2 Å². The molecule has 0 fully saturated rings. The van der Waals surface area contributed by atoms with Crippen molar-refractivity contribution in [2.75, 3.05) is 7.11 Å². The van der Waals surface area contributed by atoms with Crippen molar-refractivity contribution in [1.29, 1.82) is 0 Å². The Kier molecular flexibility index (Phi) is 2.30. The first kappa shape index (κ1) is 8.93. The quantitative estimate of drug-likeness (QED) is 0.796. The van der Waals surface area contributed by atoms with E-state index in [1.165, 1.54) is 0 Å². The van der Waals surface area contributed by atoms with E-state index in [1.54, 1.807) is 13.4 Å². The Morgan fingerprint density at radius 3 is 3.00 bits per heavy atom. The number of fused-ring (bicyclic) bond motifs is 1. The van der Waals surface area contributed by atoms with Gasteiger partial charge in [-0.3, -0.25) is 0 Å². The summed E-state index contributed by atoms with van der Waals surface area (Å²) in [5.41, 5.74) is 1.42. The Balaban J connectivity index is 2.55. The summed E-state index contributed by atoms with van der Waals surface area (Å²) >= 11 is 0. The van der Waals surface area contributed by atoms with E-state index in [4.69, 9.17) is 4.74 Å². The molecule has 0 unspecified atom stereocenters. The molecule has 0 bridgehead atoms. The standard InChI is InChI=1S/C9H12N4O/c1-3-4-6-12-8-7(10-5-11-8)9(13-6)14-2/h5H,3-4H2,1-2H3,(H,10,11,12,13). The number of nitrogens with one attached hydrogen (secondary N) is 1. The number of hydrogen-bond donors (Lipinski definition) is 1. The summed E-state index contributed by atoms with van der Waals surface area (Å²) in [6.07, 6.45) is 3.45. The number of aromatic amines is 1. The Hall–Kier alpha value is -1.65. The molecule has 5 heteroatoms. The largest absolute Gasteiger partial charge is 0.479 e. The summed E-state index contributed by atoms with van der Waals surface area (Å²) in [5.74, 6) is 1.35. The second-order valence-electron chi connectivity index (χ2n) is 3.00. The lowest BCUT2D eigenvalue weighted by Crippen LogP contribution is -1.98. The molecule has 2 rings (SSSR count). The van der Waals surface area contributed by atoms with Crippen LogP contribution in [0.4, 0.5) is 0 Å². The number of imidazole rings is 1. The van der Waals surface area contributed by atoms with Crippen LogP contribution in [0.1, 0.15) is 19.2 Å². The lowest BCUT2D eigenvalue weighted by Gasteiger charge is -2.02. The molecule has 0 radical (unpaired) electrons. The second-order valence-corrected chi connectivity index (χ2v) is 3.00. The summed E-state index contributed by atoms with van der Waals surface area (Å²) in [4.78, 5) is 15.6. The number of rotatable bonds is 3. The van der Waals surface area contributed by atoms with Gasteiger partial charge in [-0.25, -0.2) is 9.97 Å². The van der Waals surface area contributed by atoms with E-state index < -0.39 is 0 Å². The average Bonchev–Trinajstić information content (AvgIpc) is 2.65. The minimum Gasteiger partial charge on any atom is -0.479 e. The van der Waals surface area contributed by atoms with Crippen LogP contribution in [-0.2, 0) is 6.42 Å². The highest BCUT2D eigenvalue weighted by Crippen LogP contribution is 2.18. The molecule has 0 aliphatic carbocycles. The van der Waals surface area contributed by atoms with Gasteiger partial charge in [-0.05, 0) is 6.42 Å². The van der Waals surface area contributed by atoms with E-state index >= 15 is 0 Å². The molecule has 5 nitrogen and oxygen atoms in total. The molecular weight excluding hydrogens is 180 g/mol. The zero-order valence-corrected chi connectivity index (χ0v) is 8.24. The number of hydrogen-bond acceptors (Lipinski definition) is 4. The maximum atomic E-state index is 5.15. The Bertz CT molecular complexity index is 437. The Morgan fingerprint density at radius 1 is 1.43 bits per heavy atom. The van der Waals surface area contributed by atoms with Gasteiger partial charge >= 0.3 is 0 Å². The highest BCUT2D eigenvalue weighted by molar-refractivity contribution is 5.75. The molecule has 2 aromatic rings. The van der Waals surface area contributed by atoms with E-state index in [0.717, 1.165) is 24.2 Å². The van der Waals surface area contributed by atoms with Crippen molar-refractivity contribution in [2.45, 2.75) is 19.8 Å². The van der Waals surface area contributed by atoms with Crippen LogP contribution in [0.15, 0.2) is 6.33 Å². The van der Waals surface area contributed by atoms with Crippen LogP contribution < -0.4 is 4.74 Å². The molecular formula is C9H12N4O. The van der Waals surface area contributed by atoms with Gasteiger partial charge in [0.25, 0.3) is 0 Å². The highest BCUT2D eigenvalue weighted by atomic mass is 16.5. The van der Waals surface area contributed by atoms with Gasteiger partial charge in [0, 0.05) is 6.42 Å². The Labute approximate surface area is 81.6 Å². The van der Waals surface area contributed by atoms with Crippen molar-refractivity contribution >= 4 is 11.2 Å². The molecule has 74 valence electrons. The van der Waals surface area contributed by atoms with Crippen LogP contribution in [0, 0.1) is 0 Å². The molecule has 0 aliphatic rings. The van der Waals surface area contributed by atoms with Crippen molar-refractivity contribution in [1.82, 2.24) is 19.9 Å². The van der Waals surface area contributed by atoms with Gasteiger partial charge in [0.1, 0.15) is 11.3 Å². The van der Waals surface area contributed by atoms with Gasteiger partial charge in [0.15, 0.2) is 5.65 Å². The van der Waals surface area contributed by atoms with Gasteiger partial charge in [0.2, 0.25) is 5.88 Å². The number of aromatic nitrogens is 4. The van der Waals surface area contributed by atoms with Crippen LogP contribution >= 0.6 is 0 Å². The minimum atomic E-state index is 0.566. The van der Waals surface area contributed by atoms with Crippen molar-refractivity contribution in [3.8, 4) is 5.88 Å². The summed E-state index contributed by atoms with van der Waals surface area (Å²) in [7, 11) is 1.60. The number of aryl methyl sites for hydroxylation is 1. The van der Waals surface area contributed by atoms with E-state index in [1.807, 2.05) is 0 Å². The zero-order valence-electron chi connectivity index (χ0n) is 8.24. The fraction of sp³-hybridized carbons (Fsp3) is 0.444. The molecule has 0 aliphatic heterocycles. The second kappa shape index (κ2) is 3.61. The zero-order chi connectivity index (χ0) is 9.97. The first-order valence-electron chi connectivity index (χ1n) is 4.59. The molecule has 0 atom stereocenters. The topological polar surface area (TPSA) is 63.7 Å². The molecule has 0 saturated carbocycles. The van der Waals surface area contributed by atoms with E-state index in [-0.39, 0.29) is 0 Å². The maximum Gasteiger partial charge on any atom is 0.243 e. The van der Waals surface area contributed by atoms with E-state index in [0.29, 0.717) is 11.5 Å². The van der Waals surface area contributed by atoms with Gasteiger partial charge in [0.05, 0.1) is 13.4 Å². The van der Waals surface area contributed by atoms with E-state index in [2.05, 4.69) is 26.9 Å². The van der Waals surface area contributed by atoms with Crippen LogP contribution in [-0.4, -0.2) is 27.0 Å². The van der Waals surface area contributed by atoms with Crippen LogP contribution in [0.2, 0.25) is 0 Å². The third-order valence-corrected chi connectivity index (χ3v) is 1.97. The smallest absolute Gasteiger partial charge is 0.243 e. The SMILES string of the molecule is CCCc1nc(OC)c2[nH]cnc2n1. The fourth-order valence-corrected chi connectivity index (χ4v) is 1.33. The summed E-state index contributed by atoms with van der Waals surface area (Å²) in [6, 6.07) is 0. The summed E-state index contributed by atoms with van der Waals surface area (Å²) in [6.45, 7) is 2.09. The van der Waals surface area contributed by atoms with E-state index in [9.17, 15) is 0 Å². The third-order valence-electron chi connectivity index (χ3n) is 1.97. The molecule has 0 saturated heterocycles. The molecule has 0 spiro atoms. The molecule has 2 heterocycles. The predicted molar refractivity (Wildman–Crippen MR) is 52.2 cm³/mol. The molecule has 1 N–H and O–H groups in total. The van der Waals surface area contributed by atoms with Gasteiger partial charge in [-0.15, -0.1) is 0 Å². The lowest BCUT2D eigenvalue weighted by atomic mass is 10.3. The summed E-state index contributed by atoms with van der Waals surface area (Å²) < 4.78 is 5.15.